The molecule has 1 atom stereocenters. The quantitative estimate of drug-likeness (QED) is 0.579. The predicted octanol–water partition coefficient (Wildman–Crippen LogP) is 4.17. The zero-order valence-electron chi connectivity index (χ0n) is 17.1. The molecule has 6 nitrogen and oxygen atoms in total. The Morgan fingerprint density at radius 3 is 2.65 bits per heavy atom. The van der Waals surface area contributed by atoms with E-state index < -0.39 is 23.7 Å². The summed E-state index contributed by atoms with van der Waals surface area (Å²) in [4.78, 5) is 25.1. The lowest BCUT2D eigenvalue weighted by Crippen LogP contribution is -2.43. The molecule has 158 valence electrons. The van der Waals surface area contributed by atoms with Crippen LogP contribution in [0.1, 0.15) is 34.2 Å². The number of nitrogens with zero attached hydrogens (tertiary/aromatic N) is 1. The summed E-state index contributed by atoms with van der Waals surface area (Å²) < 4.78 is 24.7. The number of aryl methyl sites for hydroxylation is 1. The Morgan fingerprint density at radius 1 is 1.19 bits per heavy atom. The highest BCUT2D eigenvalue weighted by atomic mass is 19.1. The summed E-state index contributed by atoms with van der Waals surface area (Å²) in [6.45, 7) is 3.72. The molecule has 0 aliphatic heterocycles. The van der Waals surface area contributed by atoms with Crippen molar-refractivity contribution in [3.05, 3.63) is 82.9 Å². The van der Waals surface area contributed by atoms with E-state index in [1.807, 2.05) is 31.2 Å². The molecule has 0 bridgehead atoms. The number of rotatable bonds is 7. The average Bonchev–Trinajstić information content (AvgIpc) is 3.24. The number of halogens is 1. The molecule has 0 aliphatic rings. The molecule has 1 amide bonds. The van der Waals surface area contributed by atoms with Crippen LogP contribution in [0.25, 0.3) is 11.3 Å². The lowest BCUT2D eigenvalue weighted by Gasteiger charge is -2.17. The first kappa shape index (κ1) is 21.8. The van der Waals surface area contributed by atoms with Gasteiger partial charge in [-0.25, -0.2) is 9.18 Å². The van der Waals surface area contributed by atoms with Crippen LogP contribution >= 0.6 is 0 Å². The van der Waals surface area contributed by atoms with E-state index in [2.05, 4.69) is 5.32 Å². The molecule has 1 aromatic heterocycles. The number of furan rings is 1. The van der Waals surface area contributed by atoms with Gasteiger partial charge in [-0.3, -0.25) is 4.79 Å². The van der Waals surface area contributed by atoms with Crippen LogP contribution in [-0.4, -0.2) is 24.5 Å². The molecule has 1 heterocycles. The zero-order valence-corrected chi connectivity index (χ0v) is 17.1. The second-order valence-corrected chi connectivity index (χ2v) is 6.89. The van der Waals surface area contributed by atoms with E-state index in [1.54, 1.807) is 19.1 Å². The molecule has 0 radical (unpaired) electrons. The molecule has 0 aliphatic carbocycles. The maximum absolute atomic E-state index is 13.9. The van der Waals surface area contributed by atoms with Crippen molar-refractivity contribution in [1.29, 1.82) is 5.26 Å². The number of carbonyl (C=O) groups is 2. The second kappa shape index (κ2) is 9.72. The Labute approximate surface area is 179 Å². The summed E-state index contributed by atoms with van der Waals surface area (Å²) >= 11 is 0. The molecule has 31 heavy (non-hydrogen) atoms. The minimum absolute atomic E-state index is 0.00143. The number of ether oxygens (including phenoxy) is 1. The van der Waals surface area contributed by atoms with Crippen molar-refractivity contribution in [3.63, 3.8) is 0 Å². The van der Waals surface area contributed by atoms with Crippen LogP contribution in [0, 0.1) is 24.1 Å². The first-order chi connectivity index (χ1) is 14.9. The van der Waals surface area contributed by atoms with Gasteiger partial charge in [-0.05, 0) is 49.2 Å². The van der Waals surface area contributed by atoms with Crippen molar-refractivity contribution in [2.45, 2.75) is 26.3 Å². The van der Waals surface area contributed by atoms with Gasteiger partial charge < -0.3 is 14.5 Å². The Balaban J connectivity index is 1.79. The molecule has 0 fully saturated rings. The number of esters is 1. The molecular weight excluding hydrogens is 399 g/mol. The van der Waals surface area contributed by atoms with Crippen molar-refractivity contribution in [1.82, 2.24) is 5.32 Å². The van der Waals surface area contributed by atoms with E-state index >= 15 is 0 Å². The maximum Gasteiger partial charge on any atom is 0.328 e. The molecule has 0 saturated carbocycles. The Morgan fingerprint density at radius 2 is 1.97 bits per heavy atom. The van der Waals surface area contributed by atoms with Crippen molar-refractivity contribution < 1.29 is 23.1 Å². The molecule has 3 aromatic rings. The number of hydrogen-bond acceptors (Lipinski definition) is 5. The smallest absolute Gasteiger partial charge is 0.328 e. The summed E-state index contributed by atoms with van der Waals surface area (Å²) in [6, 6.07) is 15.5. The van der Waals surface area contributed by atoms with E-state index in [0.29, 0.717) is 11.3 Å². The van der Waals surface area contributed by atoms with E-state index in [4.69, 9.17) is 14.4 Å². The average molecular weight is 420 g/mol. The van der Waals surface area contributed by atoms with Gasteiger partial charge in [0.15, 0.2) is 5.76 Å². The number of nitrogens with one attached hydrogen (secondary N) is 1. The van der Waals surface area contributed by atoms with E-state index in [-0.39, 0.29) is 24.4 Å². The van der Waals surface area contributed by atoms with Crippen LogP contribution in [-0.2, 0) is 16.0 Å². The van der Waals surface area contributed by atoms with Gasteiger partial charge in [0.1, 0.15) is 23.7 Å². The summed E-state index contributed by atoms with van der Waals surface area (Å²) in [7, 11) is 0. The topological polar surface area (TPSA) is 92.3 Å². The van der Waals surface area contributed by atoms with Gasteiger partial charge in [-0.2, -0.15) is 5.26 Å². The van der Waals surface area contributed by atoms with Crippen LogP contribution in [0.4, 0.5) is 4.39 Å². The van der Waals surface area contributed by atoms with E-state index in [9.17, 15) is 14.0 Å². The van der Waals surface area contributed by atoms with Crippen LogP contribution < -0.4 is 5.32 Å². The van der Waals surface area contributed by atoms with Crippen LogP contribution in [0.15, 0.2) is 59.0 Å². The first-order valence-corrected chi connectivity index (χ1v) is 9.74. The van der Waals surface area contributed by atoms with Gasteiger partial charge in [0.25, 0.3) is 5.91 Å². The Hall–Kier alpha value is -3.92. The monoisotopic (exact) mass is 420 g/mol. The molecule has 0 spiro atoms. The van der Waals surface area contributed by atoms with Crippen LogP contribution in [0.2, 0.25) is 0 Å². The number of hydrogen-bond donors (Lipinski definition) is 1. The molecule has 2 aromatic carbocycles. The van der Waals surface area contributed by atoms with Gasteiger partial charge in [0, 0.05) is 12.0 Å². The fourth-order valence-electron chi connectivity index (χ4n) is 3.13. The van der Waals surface area contributed by atoms with Crippen molar-refractivity contribution in [2.75, 3.05) is 6.61 Å². The van der Waals surface area contributed by atoms with Crippen LogP contribution in [0.3, 0.4) is 0 Å². The largest absolute Gasteiger partial charge is 0.464 e. The highest BCUT2D eigenvalue weighted by Gasteiger charge is 2.25. The molecule has 1 unspecified atom stereocenters. The highest BCUT2D eigenvalue weighted by molar-refractivity contribution is 5.95. The minimum atomic E-state index is -1.05. The van der Waals surface area contributed by atoms with Crippen molar-refractivity contribution >= 4 is 11.9 Å². The fraction of sp³-hybridized carbons (Fsp3) is 0.208. The molecule has 3 rings (SSSR count). The van der Waals surface area contributed by atoms with Gasteiger partial charge in [-0.1, -0.05) is 30.3 Å². The molecule has 0 saturated heterocycles. The van der Waals surface area contributed by atoms with E-state index in [1.165, 1.54) is 24.3 Å². The number of carbonyl (C=O) groups excluding carboxylic acids is 2. The molecule has 1 N–H and O–H groups in total. The Bertz CT molecular complexity index is 1150. The third-order valence-electron chi connectivity index (χ3n) is 4.71. The fourth-order valence-corrected chi connectivity index (χ4v) is 3.13. The summed E-state index contributed by atoms with van der Waals surface area (Å²) in [5, 5.41) is 11.5. The second-order valence-electron chi connectivity index (χ2n) is 6.89. The maximum atomic E-state index is 13.9. The number of nitriles is 1. The van der Waals surface area contributed by atoms with Crippen molar-refractivity contribution in [2.24, 2.45) is 0 Å². The zero-order chi connectivity index (χ0) is 22.4. The third-order valence-corrected chi connectivity index (χ3v) is 4.71. The molecule has 7 heteroatoms. The van der Waals surface area contributed by atoms with Gasteiger partial charge >= 0.3 is 5.97 Å². The van der Waals surface area contributed by atoms with Crippen molar-refractivity contribution in [3.8, 4) is 17.4 Å². The SMILES string of the molecule is CCOC(=O)C(Cc1ccc(C#N)c(F)c1)NC(=O)c1ccc(-c2ccccc2C)o1. The number of amides is 1. The molecular formula is C24H21FN2O4. The summed E-state index contributed by atoms with van der Waals surface area (Å²) in [5.74, 6) is -1.36. The third kappa shape index (κ3) is 5.17. The summed E-state index contributed by atoms with van der Waals surface area (Å²) in [5.41, 5.74) is 2.20. The number of benzene rings is 2. The highest BCUT2D eigenvalue weighted by Crippen LogP contribution is 2.25. The minimum Gasteiger partial charge on any atom is -0.464 e. The summed E-state index contributed by atoms with van der Waals surface area (Å²) in [6.07, 6.45) is -0.00143. The Kier molecular flexibility index (Phi) is 6.83. The van der Waals surface area contributed by atoms with Crippen LogP contribution in [0.5, 0.6) is 0 Å². The normalized spacial score (nSPS) is 11.4. The van der Waals surface area contributed by atoms with E-state index in [0.717, 1.165) is 11.1 Å². The standard InChI is InChI=1S/C24H21FN2O4/c1-3-30-24(29)20(13-16-8-9-17(14-26)19(25)12-16)27-23(28)22-11-10-21(31-22)18-7-5-4-6-15(18)2/h4-12,20H,3,13H2,1-2H3,(H,27,28). The predicted molar refractivity (Wildman–Crippen MR) is 112 cm³/mol. The first-order valence-electron chi connectivity index (χ1n) is 9.74. The van der Waals surface area contributed by atoms with Gasteiger partial charge in [-0.15, -0.1) is 0 Å². The van der Waals surface area contributed by atoms with Gasteiger partial charge in [0.05, 0.1) is 12.2 Å². The lowest BCUT2D eigenvalue weighted by atomic mass is 10.0. The van der Waals surface area contributed by atoms with Gasteiger partial charge in [0.2, 0.25) is 0 Å². The lowest BCUT2D eigenvalue weighted by molar-refractivity contribution is -0.145.